The summed E-state index contributed by atoms with van der Waals surface area (Å²) < 4.78 is 15.3. The van der Waals surface area contributed by atoms with Gasteiger partial charge in [-0.3, -0.25) is 0 Å². The SMILES string of the molecule is C=C(C)C(=O)O.OC[C@H]1O[C@@H](O[C@H]2[C@H](O)[C@@H](O)C(O)O[C@@H]2CO)[C@H](O)[C@@H](O)[C@H]1O. The Balaban J connectivity index is 0.000000612. The van der Waals surface area contributed by atoms with Crippen molar-refractivity contribution in [1.29, 1.82) is 0 Å². The van der Waals surface area contributed by atoms with Crippen molar-refractivity contribution < 1.29 is 65.0 Å². The van der Waals surface area contributed by atoms with Gasteiger partial charge in [-0.1, -0.05) is 6.58 Å². The number of hydrogen-bond donors (Lipinski definition) is 9. The van der Waals surface area contributed by atoms with Gasteiger partial charge < -0.3 is 60.2 Å². The number of rotatable bonds is 5. The smallest absolute Gasteiger partial charge is 0.330 e. The van der Waals surface area contributed by atoms with Gasteiger partial charge in [-0.05, 0) is 6.92 Å². The number of aliphatic carboxylic acids is 1. The topological polar surface area (TPSA) is 227 Å². The molecule has 0 aromatic carbocycles. The Morgan fingerprint density at radius 2 is 1.38 bits per heavy atom. The number of carboxylic acids is 1. The molecule has 2 saturated heterocycles. The van der Waals surface area contributed by atoms with Gasteiger partial charge in [-0.25, -0.2) is 4.79 Å². The maximum atomic E-state index is 9.94. The molecule has 2 aliphatic rings. The minimum atomic E-state index is -1.74. The van der Waals surface area contributed by atoms with Crippen LogP contribution >= 0.6 is 0 Å². The molecule has 9 N–H and O–H groups in total. The van der Waals surface area contributed by atoms with Crippen molar-refractivity contribution in [3.8, 4) is 0 Å². The van der Waals surface area contributed by atoms with E-state index in [0.29, 0.717) is 0 Å². The van der Waals surface area contributed by atoms with Crippen LogP contribution in [0.25, 0.3) is 0 Å². The third-order valence-electron chi connectivity index (χ3n) is 4.34. The van der Waals surface area contributed by atoms with Gasteiger partial charge >= 0.3 is 5.97 Å². The summed E-state index contributed by atoms with van der Waals surface area (Å²) in [6.45, 7) is 3.26. The van der Waals surface area contributed by atoms with Crippen LogP contribution < -0.4 is 0 Å². The Hall–Kier alpha value is -1.23. The first-order chi connectivity index (χ1) is 13.5. The molecule has 170 valence electrons. The Bertz CT molecular complexity index is 527. The minimum absolute atomic E-state index is 0.176. The van der Waals surface area contributed by atoms with Gasteiger partial charge in [0.15, 0.2) is 12.6 Å². The zero-order chi connectivity index (χ0) is 22.5. The highest BCUT2D eigenvalue weighted by molar-refractivity contribution is 5.84. The average Bonchev–Trinajstić information content (AvgIpc) is 2.68. The van der Waals surface area contributed by atoms with Crippen LogP contribution in [0.1, 0.15) is 6.92 Å². The highest BCUT2D eigenvalue weighted by atomic mass is 16.7. The van der Waals surface area contributed by atoms with Gasteiger partial charge in [0.2, 0.25) is 0 Å². The summed E-state index contributed by atoms with van der Waals surface area (Å²) in [5, 5.41) is 84.4. The number of carbonyl (C=O) groups is 1. The van der Waals surface area contributed by atoms with Crippen molar-refractivity contribution in [2.45, 2.75) is 68.3 Å². The molecule has 0 aromatic rings. The molecule has 2 aliphatic heterocycles. The van der Waals surface area contributed by atoms with E-state index in [4.69, 9.17) is 24.4 Å². The molecule has 0 amide bonds. The number of hydrogen-bond acceptors (Lipinski definition) is 12. The third kappa shape index (κ3) is 6.37. The average molecular weight is 428 g/mol. The Morgan fingerprint density at radius 3 is 1.83 bits per heavy atom. The Morgan fingerprint density at radius 1 is 0.862 bits per heavy atom. The van der Waals surface area contributed by atoms with Crippen LogP contribution in [0.15, 0.2) is 12.2 Å². The highest BCUT2D eigenvalue weighted by Crippen LogP contribution is 2.28. The fourth-order valence-electron chi connectivity index (χ4n) is 2.57. The van der Waals surface area contributed by atoms with Gasteiger partial charge in [0.25, 0.3) is 0 Å². The summed E-state index contributed by atoms with van der Waals surface area (Å²) in [5.74, 6) is -0.935. The second-order valence-corrected chi connectivity index (χ2v) is 6.61. The number of ether oxygens (including phenoxy) is 3. The van der Waals surface area contributed by atoms with Crippen molar-refractivity contribution in [2.24, 2.45) is 0 Å². The lowest BCUT2D eigenvalue weighted by atomic mass is 9.97. The second kappa shape index (κ2) is 11.2. The molecule has 13 nitrogen and oxygen atoms in total. The molecule has 0 radical (unpaired) electrons. The van der Waals surface area contributed by atoms with Crippen molar-refractivity contribution in [3.05, 3.63) is 12.2 Å². The molecule has 0 aromatic heterocycles. The van der Waals surface area contributed by atoms with Crippen molar-refractivity contribution in [2.75, 3.05) is 13.2 Å². The lowest BCUT2D eigenvalue weighted by molar-refractivity contribution is -0.355. The predicted molar refractivity (Wildman–Crippen MR) is 91.1 cm³/mol. The molecular weight excluding hydrogens is 400 g/mol. The molecule has 2 rings (SSSR count). The first-order valence-corrected chi connectivity index (χ1v) is 8.61. The summed E-state index contributed by atoms with van der Waals surface area (Å²) in [4.78, 5) is 9.60. The molecule has 0 aliphatic carbocycles. The van der Waals surface area contributed by atoms with Gasteiger partial charge in [0.1, 0.15) is 48.8 Å². The van der Waals surface area contributed by atoms with Crippen molar-refractivity contribution in [3.63, 3.8) is 0 Å². The van der Waals surface area contributed by atoms with Crippen LogP contribution in [0.2, 0.25) is 0 Å². The largest absolute Gasteiger partial charge is 0.478 e. The minimum Gasteiger partial charge on any atom is -0.478 e. The van der Waals surface area contributed by atoms with E-state index < -0.39 is 80.6 Å². The number of aliphatic hydroxyl groups excluding tert-OH is 8. The van der Waals surface area contributed by atoms with E-state index in [1.54, 1.807) is 0 Å². The maximum absolute atomic E-state index is 9.94. The second-order valence-electron chi connectivity index (χ2n) is 6.61. The van der Waals surface area contributed by atoms with Crippen LogP contribution in [0.5, 0.6) is 0 Å². The van der Waals surface area contributed by atoms with Crippen LogP contribution in [-0.2, 0) is 19.0 Å². The summed E-state index contributed by atoms with van der Waals surface area (Å²) in [5.41, 5.74) is 0.176. The molecule has 1 unspecified atom stereocenters. The van der Waals surface area contributed by atoms with E-state index in [-0.39, 0.29) is 5.57 Å². The summed E-state index contributed by atoms with van der Waals surface area (Å²) in [6, 6.07) is 0. The first-order valence-electron chi connectivity index (χ1n) is 8.61. The van der Waals surface area contributed by atoms with Gasteiger partial charge in [0.05, 0.1) is 13.2 Å². The molecule has 2 heterocycles. The zero-order valence-electron chi connectivity index (χ0n) is 15.6. The van der Waals surface area contributed by atoms with E-state index in [1.165, 1.54) is 6.92 Å². The van der Waals surface area contributed by atoms with Gasteiger partial charge in [-0.15, -0.1) is 0 Å². The van der Waals surface area contributed by atoms with Gasteiger partial charge in [-0.2, -0.15) is 0 Å². The standard InChI is InChI=1S/C12H22O11.C4H6O2/c13-1-3-5(15)6(16)9(19)12(22-3)23-10-4(2-14)21-11(20)8(18)7(10)17;1-3(2)4(5)6/h3-20H,1-2H2;1H2,2H3,(H,5,6)/t3-,4-,5+,6+,7-,8-,9-,10-,11?,12+;/m1./s1. The molecule has 29 heavy (non-hydrogen) atoms. The summed E-state index contributed by atoms with van der Waals surface area (Å²) in [6.07, 6.45) is -15.6. The normalized spacial score (nSPS) is 42.5. The lowest BCUT2D eigenvalue weighted by Gasteiger charge is -2.45. The molecule has 0 spiro atoms. The van der Waals surface area contributed by atoms with E-state index in [1.807, 2.05) is 0 Å². The van der Waals surface area contributed by atoms with E-state index in [0.717, 1.165) is 0 Å². The zero-order valence-corrected chi connectivity index (χ0v) is 15.6. The van der Waals surface area contributed by atoms with E-state index in [9.17, 15) is 40.5 Å². The summed E-state index contributed by atoms with van der Waals surface area (Å²) >= 11 is 0. The Labute approximate surface area is 165 Å². The highest BCUT2D eigenvalue weighted by Gasteiger charge is 2.50. The quantitative estimate of drug-likeness (QED) is 0.188. The number of carboxylic acid groups (broad SMARTS) is 1. The molecule has 2 fully saturated rings. The Kier molecular flexibility index (Phi) is 10.0. The summed E-state index contributed by atoms with van der Waals surface area (Å²) in [7, 11) is 0. The maximum Gasteiger partial charge on any atom is 0.330 e. The van der Waals surface area contributed by atoms with Crippen LogP contribution in [0, 0.1) is 0 Å². The van der Waals surface area contributed by atoms with Crippen molar-refractivity contribution in [1.82, 2.24) is 0 Å². The van der Waals surface area contributed by atoms with Crippen LogP contribution in [0.4, 0.5) is 0 Å². The van der Waals surface area contributed by atoms with E-state index >= 15 is 0 Å². The van der Waals surface area contributed by atoms with Crippen LogP contribution in [-0.4, -0.2) is 127 Å². The number of aliphatic hydroxyl groups is 8. The molecule has 13 heteroatoms. The van der Waals surface area contributed by atoms with Crippen molar-refractivity contribution >= 4 is 5.97 Å². The predicted octanol–water partition coefficient (Wildman–Crippen LogP) is -4.75. The van der Waals surface area contributed by atoms with Crippen LogP contribution in [0.3, 0.4) is 0 Å². The first kappa shape index (κ1) is 25.8. The van der Waals surface area contributed by atoms with Gasteiger partial charge in [0, 0.05) is 5.57 Å². The monoisotopic (exact) mass is 428 g/mol. The lowest BCUT2D eigenvalue weighted by Crippen LogP contribution is -2.64. The third-order valence-corrected chi connectivity index (χ3v) is 4.34. The molecular formula is C16H28O13. The van der Waals surface area contributed by atoms with E-state index in [2.05, 4.69) is 6.58 Å². The molecule has 0 saturated carbocycles. The fraction of sp³-hybridized carbons (Fsp3) is 0.812. The molecule has 10 atom stereocenters. The fourth-order valence-corrected chi connectivity index (χ4v) is 2.57. The molecule has 0 bridgehead atoms.